The summed E-state index contributed by atoms with van der Waals surface area (Å²) in [5.74, 6) is -0.257. The highest BCUT2D eigenvalue weighted by atomic mass is 35.5. The molecule has 0 unspecified atom stereocenters. The Balaban J connectivity index is 2.17. The van der Waals surface area contributed by atoms with E-state index in [1.807, 2.05) is 0 Å². The quantitative estimate of drug-likeness (QED) is 0.831. The molecule has 0 bridgehead atoms. The van der Waals surface area contributed by atoms with Crippen LogP contribution in [0.25, 0.3) is 0 Å². The molecule has 0 saturated carbocycles. The molecule has 1 amide bonds. The Morgan fingerprint density at radius 2 is 1.87 bits per heavy atom. The largest absolute Gasteiger partial charge is 0.484 e. The topological polar surface area (TPSA) is 98.5 Å². The van der Waals surface area contributed by atoms with Crippen LogP contribution in [-0.2, 0) is 14.8 Å². The number of nitrogens with one attached hydrogen (secondary N) is 1. The third-order valence-corrected chi connectivity index (χ3v) is 4.56. The fourth-order valence-corrected chi connectivity index (χ4v) is 3.17. The Labute approximate surface area is 139 Å². The minimum absolute atomic E-state index is 0.0678. The van der Waals surface area contributed by atoms with Crippen LogP contribution < -0.4 is 15.2 Å². The zero-order valence-electron chi connectivity index (χ0n) is 12.2. The Morgan fingerprint density at radius 1 is 1.22 bits per heavy atom. The van der Waals surface area contributed by atoms with Crippen molar-refractivity contribution < 1.29 is 17.9 Å². The van der Waals surface area contributed by atoms with E-state index in [-0.39, 0.29) is 11.5 Å². The maximum absolute atomic E-state index is 12.4. The average molecular weight is 355 g/mol. The first-order valence-electron chi connectivity index (χ1n) is 6.58. The molecule has 8 heteroatoms. The molecule has 0 radical (unpaired) electrons. The predicted molar refractivity (Wildman–Crippen MR) is 88.1 cm³/mol. The maximum atomic E-state index is 12.4. The number of anilines is 1. The summed E-state index contributed by atoms with van der Waals surface area (Å²) in [5.41, 5.74) is 6.13. The number of carbonyl (C=O) groups is 1. The Morgan fingerprint density at radius 3 is 2.43 bits per heavy atom. The second kappa shape index (κ2) is 6.89. The summed E-state index contributed by atoms with van der Waals surface area (Å²) >= 11 is 5.85. The second-order valence-corrected chi connectivity index (χ2v) is 6.91. The van der Waals surface area contributed by atoms with Gasteiger partial charge in [0.25, 0.3) is 15.9 Å². The van der Waals surface area contributed by atoms with E-state index in [1.54, 1.807) is 25.1 Å². The maximum Gasteiger partial charge on any atom is 0.261 e. The minimum atomic E-state index is -3.74. The van der Waals surface area contributed by atoms with Crippen molar-refractivity contribution in [2.45, 2.75) is 11.8 Å². The molecule has 3 N–H and O–H groups in total. The Bertz CT molecular complexity index is 820. The van der Waals surface area contributed by atoms with Gasteiger partial charge in [0.2, 0.25) is 0 Å². The van der Waals surface area contributed by atoms with Crippen LogP contribution in [0.1, 0.15) is 5.56 Å². The number of primary amides is 1. The lowest BCUT2D eigenvalue weighted by Crippen LogP contribution is -2.20. The molecule has 0 spiro atoms. The first kappa shape index (κ1) is 17.1. The van der Waals surface area contributed by atoms with E-state index in [0.29, 0.717) is 22.0 Å². The average Bonchev–Trinajstić information content (AvgIpc) is 2.48. The van der Waals surface area contributed by atoms with Crippen molar-refractivity contribution in [2.75, 3.05) is 11.3 Å². The molecule has 0 saturated heterocycles. The lowest BCUT2D eigenvalue weighted by atomic mass is 10.2. The van der Waals surface area contributed by atoms with Crippen molar-refractivity contribution >= 4 is 33.2 Å². The van der Waals surface area contributed by atoms with Gasteiger partial charge in [0.1, 0.15) is 5.75 Å². The molecule has 2 rings (SSSR count). The summed E-state index contributed by atoms with van der Waals surface area (Å²) in [6.07, 6.45) is 0. The molecule has 2 aromatic carbocycles. The van der Waals surface area contributed by atoms with E-state index < -0.39 is 15.9 Å². The number of carbonyl (C=O) groups excluding carboxylic acids is 1. The van der Waals surface area contributed by atoms with Gasteiger partial charge in [0.15, 0.2) is 6.61 Å². The molecule has 2 aromatic rings. The summed E-state index contributed by atoms with van der Waals surface area (Å²) in [6.45, 7) is 1.48. The van der Waals surface area contributed by atoms with Gasteiger partial charge in [-0.25, -0.2) is 8.42 Å². The first-order chi connectivity index (χ1) is 10.8. The van der Waals surface area contributed by atoms with Gasteiger partial charge in [0, 0.05) is 5.02 Å². The fraction of sp³-hybridized carbons (Fsp3) is 0.133. The van der Waals surface area contributed by atoms with Crippen molar-refractivity contribution in [1.82, 2.24) is 0 Å². The smallest absolute Gasteiger partial charge is 0.261 e. The number of halogens is 1. The van der Waals surface area contributed by atoms with Crippen molar-refractivity contribution in [3.63, 3.8) is 0 Å². The van der Waals surface area contributed by atoms with Crippen LogP contribution in [0, 0.1) is 6.92 Å². The Hall–Kier alpha value is -2.25. The van der Waals surface area contributed by atoms with E-state index >= 15 is 0 Å². The fourth-order valence-electron chi connectivity index (χ4n) is 1.81. The van der Waals surface area contributed by atoms with Crippen LogP contribution >= 0.6 is 11.6 Å². The number of rotatable bonds is 6. The van der Waals surface area contributed by atoms with Gasteiger partial charge in [-0.2, -0.15) is 0 Å². The van der Waals surface area contributed by atoms with Gasteiger partial charge < -0.3 is 10.5 Å². The molecular formula is C15H15ClN2O4S. The van der Waals surface area contributed by atoms with E-state index in [0.717, 1.165) is 0 Å². The molecule has 0 aliphatic heterocycles. The molecule has 0 atom stereocenters. The van der Waals surface area contributed by atoms with Crippen molar-refractivity contribution in [2.24, 2.45) is 5.73 Å². The third-order valence-electron chi connectivity index (χ3n) is 2.95. The molecule has 0 aromatic heterocycles. The molecule has 0 heterocycles. The van der Waals surface area contributed by atoms with Crippen LogP contribution in [0.2, 0.25) is 5.02 Å². The lowest BCUT2D eigenvalue weighted by molar-refractivity contribution is -0.119. The molecular weight excluding hydrogens is 340 g/mol. The zero-order valence-corrected chi connectivity index (χ0v) is 13.8. The third kappa shape index (κ3) is 4.61. The van der Waals surface area contributed by atoms with Crippen LogP contribution in [0.3, 0.4) is 0 Å². The second-order valence-electron chi connectivity index (χ2n) is 4.79. The number of amides is 1. The van der Waals surface area contributed by atoms with Crippen molar-refractivity contribution in [3.05, 3.63) is 53.1 Å². The molecule has 122 valence electrons. The summed E-state index contributed by atoms with van der Waals surface area (Å²) in [7, 11) is -3.74. The van der Waals surface area contributed by atoms with E-state index in [2.05, 4.69) is 4.72 Å². The molecule has 0 fully saturated rings. The van der Waals surface area contributed by atoms with Gasteiger partial charge in [-0.1, -0.05) is 11.6 Å². The van der Waals surface area contributed by atoms with Crippen molar-refractivity contribution in [1.29, 1.82) is 0 Å². The Kier molecular flexibility index (Phi) is 5.12. The standard InChI is InChI=1S/C15H15ClN2O4S/c1-10-8-11(16)2-7-14(10)18-23(20,21)13-5-3-12(4-6-13)22-9-15(17)19/h2-8,18H,9H2,1H3,(H2,17,19). The summed E-state index contributed by atoms with van der Waals surface area (Å²) in [4.78, 5) is 10.7. The minimum Gasteiger partial charge on any atom is -0.484 e. The van der Waals surface area contributed by atoms with Crippen LogP contribution in [-0.4, -0.2) is 20.9 Å². The normalized spacial score (nSPS) is 11.0. The molecule has 23 heavy (non-hydrogen) atoms. The van der Waals surface area contributed by atoms with E-state index in [1.165, 1.54) is 24.3 Å². The lowest BCUT2D eigenvalue weighted by Gasteiger charge is -2.11. The monoisotopic (exact) mass is 354 g/mol. The summed E-state index contributed by atoms with van der Waals surface area (Å²) in [6, 6.07) is 10.5. The van der Waals surface area contributed by atoms with E-state index in [4.69, 9.17) is 22.1 Å². The van der Waals surface area contributed by atoms with Gasteiger partial charge >= 0.3 is 0 Å². The van der Waals surface area contributed by atoms with Gasteiger partial charge in [-0.05, 0) is 55.0 Å². The van der Waals surface area contributed by atoms with Crippen LogP contribution in [0.15, 0.2) is 47.4 Å². The molecule has 6 nitrogen and oxygen atoms in total. The van der Waals surface area contributed by atoms with Gasteiger partial charge in [0.05, 0.1) is 10.6 Å². The molecule has 0 aliphatic rings. The van der Waals surface area contributed by atoms with Crippen LogP contribution in [0.4, 0.5) is 5.69 Å². The zero-order chi connectivity index (χ0) is 17.0. The van der Waals surface area contributed by atoms with Gasteiger partial charge in [-0.3, -0.25) is 9.52 Å². The highest BCUT2D eigenvalue weighted by molar-refractivity contribution is 7.92. The van der Waals surface area contributed by atoms with E-state index in [9.17, 15) is 13.2 Å². The first-order valence-corrected chi connectivity index (χ1v) is 8.44. The number of nitrogens with two attached hydrogens (primary N) is 1. The highest BCUT2D eigenvalue weighted by Gasteiger charge is 2.15. The van der Waals surface area contributed by atoms with Crippen molar-refractivity contribution in [3.8, 4) is 5.75 Å². The van der Waals surface area contributed by atoms with Gasteiger partial charge in [-0.15, -0.1) is 0 Å². The summed E-state index contributed by atoms with van der Waals surface area (Å²) in [5, 5.41) is 0.529. The number of sulfonamides is 1. The number of aryl methyl sites for hydroxylation is 1. The predicted octanol–water partition coefficient (Wildman–Crippen LogP) is 2.31. The molecule has 0 aliphatic carbocycles. The van der Waals surface area contributed by atoms with Crippen LogP contribution in [0.5, 0.6) is 5.75 Å². The number of hydrogen-bond donors (Lipinski definition) is 2. The SMILES string of the molecule is Cc1cc(Cl)ccc1NS(=O)(=O)c1ccc(OCC(N)=O)cc1. The summed E-state index contributed by atoms with van der Waals surface area (Å²) < 4.78 is 32.3. The highest BCUT2D eigenvalue weighted by Crippen LogP contribution is 2.23. The number of benzene rings is 2. The number of hydrogen-bond acceptors (Lipinski definition) is 4. The number of ether oxygens (including phenoxy) is 1.